The third-order valence-electron chi connectivity index (χ3n) is 1.94. The van der Waals surface area contributed by atoms with Crippen molar-refractivity contribution in [3.63, 3.8) is 0 Å². The lowest BCUT2D eigenvalue weighted by molar-refractivity contribution is 0.281. The fourth-order valence-corrected chi connectivity index (χ4v) is 1.19. The molecule has 58 valence electrons. The van der Waals surface area contributed by atoms with Gasteiger partial charge in [-0.15, -0.1) is 0 Å². The second-order valence-corrected chi connectivity index (χ2v) is 2.98. The summed E-state index contributed by atoms with van der Waals surface area (Å²) in [4.78, 5) is 2.29. The molecule has 0 aliphatic carbocycles. The Morgan fingerprint density at radius 1 is 1.60 bits per heavy atom. The molecule has 0 atom stereocenters. The van der Waals surface area contributed by atoms with E-state index in [-0.39, 0.29) is 0 Å². The molecule has 0 unspecified atom stereocenters. The molecular formula is C7H14N2O. The largest absolute Gasteiger partial charge is 0.411 e. The van der Waals surface area contributed by atoms with Crippen molar-refractivity contribution in [2.75, 3.05) is 13.1 Å². The van der Waals surface area contributed by atoms with Crippen LogP contribution in [0.2, 0.25) is 0 Å². The monoisotopic (exact) mass is 142 g/mol. The van der Waals surface area contributed by atoms with Crippen molar-refractivity contribution < 1.29 is 5.21 Å². The standard InChI is InChI=1S/C7H14N2O/c1-6(2)9-4-3-7(5-9)8-10/h6,10H,3-5H2,1-2H3. The summed E-state index contributed by atoms with van der Waals surface area (Å²) in [6.45, 7) is 6.19. The van der Waals surface area contributed by atoms with Crippen molar-refractivity contribution in [2.45, 2.75) is 26.3 Å². The highest BCUT2D eigenvalue weighted by molar-refractivity contribution is 5.87. The molecule has 0 radical (unpaired) electrons. The van der Waals surface area contributed by atoms with E-state index in [4.69, 9.17) is 5.21 Å². The molecule has 10 heavy (non-hydrogen) atoms. The van der Waals surface area contributed by atoms with E-state index in [1.54, 1.807) is 0 Å². The summed E-state index contributed by atoms with van der Waals surface area (Å²) in [7, 11) is 0. The Kier molecular flexibility index (Phi) is 2.27. The Balaban J connectivity index is 2.43. The highest BCUT2D eigenvalue weighted by Crippen LogP contribution is 2.08. The second kappa shape index (κ2) is 3.01. The lowest BCUT2D eigenvalue weighted by Gasteiger charge is -2.17. The van der Waals surface area contributed by atoms with Crippen LogP contribution in [0.5, 0.6) is 0 Å². The van der Waals surface area contributed by atoms with Crippen molar-refractivity contribution in [1.29, 1.82) is 0 Å². The smallest absolute Gasteiger partial charge is 0.0723 e. The van der Waals surface area contributed by atoms with Gasteiger partial charge in [0.05, 0.1) is 5.71 Å². The SMILES string of the molecule is CC(C)N1CCC(=NO)C1. The predicted molar refractivity (Wildman–Crippen MR) is 40.5 cm³/mol. The van der Waals surface area contributed by atoms with Crippen molar-refractivity contribution in [3.8, 4) is 0 Å². The maximum absolute atomic E-state index is 8.43. The number of nitrogens with zero attached hydrogens (tertiary/aromatic N) is 2. The summed E-state index contributed by atoms with van der Waals surface area (Å²) in [5.74, 6) is 0. The molecule has 1 aliphatic rings. The molecule has 0 saturated carbocycles. The Morgan fingerprint density at radius 2 is 2.30 bits per heavy atom. The molecule has 1 aliphatic heterocycles. The lowest BCUT2D eigenvalue weighted by atomic mass is 10.3. The van der Waals surface area contributed by atoms with Gasteiger partial charge in [0.1, 0.15) is 0 Å². The molecule has 0 aromatic heterocycles. The first-order valence-corrected chi connectivity index (χ1v) is 3.68. The van der Waals surface area contributed by atoms with Gasteiger partial charge in [0.25, 0.3) is 0 Å². The zero-order valence-corrected chi connectivity index (χ0v) is 6.54. The zero-order valence-electron chi connectivity index (χ0n) is 6.54. The number of oxime groups is 1. The van der Waals surface area contributed by atoms with E-state index in [2.05, 4.69) is 23.9 Å². The minimum Gasteiger partial charge on any atom is -0.411 e. The molecule has 3 heteroatoms. The van der Waals surface area contributed by atoms with E-state index in [1.165, 1.54) is 0 Å². The van der Waals surface area contributed by atoms with Crippen molar-refractivity contribution in [1.82, 2.24) is 4.90 Å². The Bertz CT molecular complexity index is 143. The van der Waals surface area contributed by atoms with Gasteiger partial charge in [-0.2, -0.15) is 0 Å². The Morgan fingerprint density at radius 3 is 2.60 bits per heavy atom. The van der Waals surface area contributed by atoms with E-state index < -0.39 is 0 Å². The minimum absolute atomic E-state index is 0.569. The van der Waals surface area contributed by atoms with Crippen LogP contribution in [0.15, 0.2) is 5.16 Å². The van der Waals surface area contributed by atoms with Crippen LogP contribution in [0, 0.1) is 0 Å². The van der Waals surface area contributed by atoms with Crippen molar-refractivity contribution >= 4 is 5.71 Å². The first kappa shape index (κ1) is 7.54. The maximum Gasteiger partial charge on any atom is 0.0723 e. The molecule has 0 bridgehead atoms. The van der Waals surface area contributed by atoms with Crippen LogP contribution in [0.1, 0.15) is 20.3 Å². The topological polar surface area (TPSA) is 35.8 Å². The summed E-state index contributed by atoms with van der Waals surface area (Å²) >= 11 is 0. The number of hydrogen-bond donors (Lipinski definition) is 1. The van der Waals surface area contributed by atoms with Gasteiger partial charge in [0.2, 0.25) is 0 Å². The summed E-state index contributed by atoms with van der Waals surface area (Å²) in [5.41, 5.74) is 0.911. The van der Waals surface area contributed by atoms with Gasteiger partial charge in [-0.25, -0.2) is 0 Å². The van der Waals surface area contributed by atoms with Crippen LogP contribution in [0.3, 0.4) is 0 Å². The van der Waals surface area contributed by atoms with Gasteiger partial charge < -0.3 is 5.21 Å². The average molecular weight is 142 g/mol. The molecule has 1 rings (SSSR count). The number of rotatable bonds is 1. The highest BCUT2D eigenvalue weighted by atomic mass is 16.4. The summed E-state index contributed by atoms with van der Waals surface area (Å²) < 4.78 is 0. The summed E-state index contributed by atoms with van der Waals surface area (Å²) in [5, 5.41) is 11.6. The molecule has 1 fully saturated rings. The summed E-state index contributed by atoms with van der Waals surface area (Å²) in [6.07, 6.45) is 0.925. The third kappa shape index (κ3) is 1.48. The predicted octanol–water partition coefficient (Wildman–Crippen LogP) is 0.931. The van der Waals surface area contributed by atoms with Gasteiger partial charge in [-0.3, -0.25) is 4.90 Å². The molecule has 1 N–H and O–H groups in total. The van der Waals surface area contributed by atoms with Gasteiger partial charge in [0.15, 0.2) is 0 Å². The molecule has 1 heterocycles. The van der Waals surface area contributed by atoms with E-state index in [9.17, 15) is 0 Å². The molecule has 0 amide bonds. The molecule has 0 spiro atoms. The third-order valence-corrected chi connectivity index (χ3v) is 1.94. The first-order chi connectivity index (χ1) is 4.74. The average Bonchev–Trinajstić information content (AvgIpc) is 2.34. The van der Waals surface area contributed by atoms with E-state index >= 15 is 0 Å². The molecule has 0 aromatic rings. The fourth-order valence-electron chi connectivity index (χ4n) is 1.19. The van der Waals surface area contributed by atoms with Crippen molar-refractivity contribution in [2.24, 2.45) is 5.16 Å². The van der Waals surface area contributed by atoms with Crippen LogP contribution in [-0.4, -0.2) is 35.0 Å². The van der Waals surface area contributed by atoms with E-state index in [1.807, 2.05) is 0 Å². The number of likely N-dealkylation sites (tertiary alicyclic amines) is 1. The fraction of sp³-hybridized carbons (Fsp3) is 0.857. The van der Waals surface area contributed by atoms with Crippen LogP contribution < -0.4 is 0 Å². The first-order valence-electron chi connectivity index (χ1n) is 3.68. The molecule has 0 aromatic carbocycles. The van der Waals surface area contributed by atoms with E-state index in [0.717, 1.165) is 25.2 Å². The number of hydrogen-bond acceptors (Lipinski definition) is 3. The maximum atomic E-state index is 8.43. The minimum atomic E-state index is 0.569. The zero-order chi connectivity index (χ0) is 7.56. The highest BCUT2D eigenvalue weighted by Gasteiger charge is 2.19. The normalized spacial score (nSPS) is 24.9. The van der Waals surface area contributed by atoms with Gasteiger partial charge in [-0.1, -0.05) is 5.16 Å². The molecular weight excluding hydrogens is 128 g/mol. The van der Waals surface area contributed by atoms with Crippen LogP contribution in [0.4, 0.5) is 0 Å². The van der Waals surface area contributed by atoms with Crippen LogP contribution in [0.25, 0.3) is 0 Å². The Labute approximate surface area is 61.3 Å². The van der Waals surface area contributed by atoms with Gasteiger partial charge in [-0.05, 0) is 13.8 Å². The second-order valence-electron chi connectivity index (χ2n) is 2.98. The quantitative estimate of drug-likeness (QED) is 0.436. The lowest BCUT2D eigenvalue weighted by Crippen LogP contribution is -2.28. The van der Waals surface area contributed by atoms with Crippen LogP contribution in [-0.2, 0) is 0 Å². The Hall–Kier alpha value is -0.570. The van der Waals surface area contributed by atoms with Gasteiger partial charge in [0, 0.05) is 25.6 Å². The van der Waals surface area contributed by atoms with Crippen LogP contribution >= 0.6 is 0 Å². The van der Waals surface area contributed by atoms with Crippen molar-refractivity contribution in [3.05, 3.63) is 0 Å². The molecule has 1 saturated heterocycles. The van der Waals surface area contributed by atoms with E-state index in [0.29, 0.717) is 6.04 Å². The summed E-state index contributed by atoms with van der Waals surface area (Å²) in [6, 6.07) is 0.569. The van der Waals surface area contributed by atoms with Gasteiger partial charge >= 0.3 is 0 Å². The molecule has 3 nitrogen and oxygen atoms in total.